The fourth-order valence-corrected chi connectivity index (χ4v) is 2.36. The van der Waals surface area contributed by atoms with E-state index in [9.17, 15) is 14.4 Å². The van der Waals surface area contributed by atoms with Crippen molar-refractivity contribution in [1.82, 2.24) is 5.32 Å². The highest BCUT2D eigenvalue weighted by Gasteiger charge is 2.19. The van der Waals surface area contributed by atoms with Crippen LogP contribution in [0.5, 0.6) is 0 Å². The number of benzene rings is 1. The molecule has 1 aromatic carbocycles. The highest BCUT2D eigenvalue weighted by molar-refractivity contribution is 6.39. The Morgan fingerprint density at radius 2 is 1.96 bits per heavy atom. The predicted molar refractivity (Wildman–Crippen MR) is 92.2 cm³/mol. The first-order valence-electron chi connectivity index (χ1n) is 8.58. The highest BCUT2D eigenvalue weighted by atomic mass is 16.5. The number of unbranched alkanes of at least 4 members (excludes halogenated alkanes) is 1. The van der Waals surface area contributed by atoms with Crippen molar-refractivity contribution in [2.24, 2.45) is 0 Å². The summed E-state index contributed by atoms with van der Waals surface area (Å²) in [6, 6.07) is 6.21. The maximum atomic E-state index is 11.9. The van der Waals surface area contributed by atoms with E-state index in [0.29, 0.717) is 31.0 Å². The van der Waals surface area contributed by atoms with Crippen LogP contribution in [0, 0.1) is 0 Å². The van der Waals surface area contributed by atoms with E-state index in [4.69, 9.17) is 9.47 Å². The van der Waals surface area contributed by atoms with Gasteiger partial charge in [0.2, 0.25) is 0 Å². The van der Waals surface area contributed by atoms with Crippen LogP contribution in [0.25, 0.3) is 0 Å². The molecule has 2 N–H and O–H groups in total. The number of carbonyl (C=O) groups excluding carboxylic acids is 3. The van der Waals surface area contributed by atoms with E-state index in [-0.39, 0.29) is 6.10 Å². The summed E-state index contributed by atoms with van der Waals surface area (Å²) in [6.07, 6.45) is 3.61. The maximum Gasteiger partial charge on any atom is 0.338 e. The second-order valence-electron chi connectivity index (χ2n) is 5.87. The Hall–Kier alpha value is -2.41. The molecule has 7 nitrogen and oxygen atoms in total. The Morgan fingerprint density at radius 1 is 1.20 bits per heavy atom. The van der Waals surface area contributed by atoms with Crippen molar-refractivity contribution >= 4 is 23.5 Å². The van der Waals surface area contributed by atoms with E-state index in [0.717, 1.165) is 25.7 Å². The van der Waals surface area contributed by atoms with Gasteiger partial charge in [-0.15, -0.1) is 0 Å². The van der Waals surface area contributed by atoms with Crippen molar-refractivity contribution in [2.75, 3.05) is 25.1 Å². The average molecular weight is 348 g/mol. The summed E-state index contributed by atoms with van der Waals surface area (Å²) in [5.41, 5.74) is 0.833. The van der Waals surface area contributed by atoms with Gasteiger partial charge in [0.25, 0.3) is 0 Å². The molecule has 1 aliphatic rings. The molecule has 0 spiro atoms. The largest absolute Gasteiger partial charge is 0.462 e. The van der Waals surface area contributed by atoms with Crippen LogP contribution in [-0.4, -0.2) is 43.6 Å². The monoisotopic (exact) mass is 348 g/mol. The quantitative estimate of drug-likeness (QED) is 0.446. The summed E-state index contributed by atoms with van der Waals surface area (Å²) < 4.78 is 10.5. The van der Waals surface area contributed by atoms with E-state index in [1.165, 1.54) is 0 Å². The van der Waals surface area contributed by atoms with Gasteiger partial charge in [-0.1, -0.05) is 13.3 Å². The smallest absolute Gasteiger partial charge is 0.338 e. The molecule has 1 aromatic rings. The lowest BCUT2D eigenvalue weighted by Gasteiger charge is -2.11. The third kappa shape index (κ3) is 6.19. The molecule has 0 bridgehead atoms. The van der Waals surface area contributed by atoms with Crippen molar-refractivity contribution in [2.45, 2.75) is 38.7 Å². The molecule has 0 aromatic heterocycles. The maximum absolute atomic E-state index is 11.9. The lowest BCUT2D eigenvalue weighted by molar-refractivity contribution is -0.136. The highest BCUT2D eigenvalue weighted by Crippen LogP contribution is 2.12. The van der Waals surface area contributed by atoms with Gasteiger partial charge in [0.05, 0.1) is 18.3 Å². The molecule has 0 aliphatic carbocycles. The van der Waals surface area contributed by atoms with Crippen molar-refractivity contribution in [3.05, 3.63) is 29.8 Å². The zero-order chi connectivity index (χ0) is 18.1. The summed E-state index contributed by atoms with van der Waals surface area (Å²) in [5.74, 6) is -1.87. The molecule has 0 radical (unpaired) electrons. The first kappa shape index (κ1) is 18.9. The minimum absolute atomic E-state index is 0.0187. The summed E-state index contributed by atoms with van der Waals surface area (Å²) in [7, 11) is 0. The fraction of sp³-hybridized carbons (Fsp3) is 0.500. The number of anilines is 1. The number of carbonyl (C=O) groups is 3. The second kappa shape index (κ2) is 9.78. The molecule has 136 valence electrons. The van der Waals surface area contributed by atoms with E-state index in [1.54, 1.807) is 24.3 Å². The molecule has 1 saturated heterocycles. The van der Waals surface area contributed by atoms with E-state index in [2.05, 4.69) is 10.6 Å². The van der Waals surface area contributed by atoms with Crippen LogP contribution in [0.3, 0.4) is 0 Å². The molecule has 1 aliphatic heterocycles. The second-order valence-corrected chi connectivity index (χ2v) is 5.87. The Balaban J connectivity index is 1.78. The summed E-state index contributed by atoms with van der Waals surface area (Å²) >= 11 is 0. The fourth-order valence-electron chi connectivity index (χ4n) is 2.36. The molecule has 1 fully saturated rings. The Kier molecular flexibility index (Phi) is 7.40. The number of amides is 2. The van der Waals surface area contributed by atoms with Gasteiger partial charge in [0, 0.05) is 18.8 Å². The average Bonchev–Trinajstić information content (AvgIpc) is 3.14. The molecule has 25 heavy (non-hydrogen) atoms. The van der Waals surface area contributed by atoms with Crippen molar-refractivity contribution in [3.8, 4) is 0 Å². The first-order valence-corrected chi connectivity index (χ1v) is 8.58. The van der Waals surface area contributed by atoms with Crippen LogP contribution < -0.4 is 10.6 Å². The number of nitrogens with one attached hydrogen (secondary N) is 2. The van der Waals surface area contributed by atoms with Crippen LogP contribution in [0.15, 0.2) is 24.3 Å². The lowest BCUT2D eigenvalue weighted by Crippen LogP contribution is -2.39. The minimum Gasteiger partial charge on any atom is -0.462 e. The molecule has 0 unspecified atom stereocenters. The summed E-state index contributed by atoms with van der Waals surface area (Å²) in [6.45, 7) is 3.43. The van der Waals surface area contributed by atoms with Gasteiger partial charge in [-0.25, -0.2) is 4.79 Å². The number of hydrogen-bond acceptors (Lipinski definition) is 5. The van der Waals surface area contributed by atoms with Crippen LogP contribution in [0.4, 0.5) is 5.69 Å². The molecule has 1 heterocycles. The number of rotatable bonds is 7. The van der Waals surface area contributed by atoms with Crippen molar-refractivity contribution < 1.29 is 23.9 Å². The van der Waals surface area contributed by atoms with E-state index in [1.807, 2.05) is 6.92 Å². The van der Waals surface area contributed by atoms with Gasteiger partial charge in [0.1, 0.15) is 0 Å². The zero-order valence-corrected chi connectivity index (χ0v) is 14.4. The Labute approximate surface area is 147 Å². The molecular weight excluding hydrogens is 324 g/mol. The molecule has 2 rings (SSSR count). The first-order chi connectivity index (χ1) is 12.1. The van der Waals surface area contributed by atoms with Crippen molar-refractivity contribution in [3.63, 3.8) is 0 Å². The van der Waals surface area contributed by atoms with Gasteiger partial charge >= 0.3 is 17.8 Å². The molecule has 2 amide bonds. The topological polar surface area (TPSA) is 93.7 Å². The molecule has 1 atom stereocenters. The Morgan fingerprint density at radius 3 is 2.60 bits per heavy atom. The molecule has 0 saturated carbocycles. The lowest BCUT2D eigenvalue weighted by atomic mass is 10.2. The summed E-state index contributed by atoms with van der Waals surface area (Å²) in [5, 5.41) is 5.04. The van der Waals surface area contributed by atoms with Gasteiger partial charge in [-0.05, 0) is 43.5 Å². The number of esters is 1. The van der Waals surface area contributed by atoms with E-state index < -0.39 is 17.8 Å². The summed E-state index contributed by atoms with van der Waals surface area (Å²) in [4.78, 5) is 35.4. The minimum atomic E-state index is -0.753. The van der Waals surface area contributed by atoms with Gasteiger partial charge < -0.3 is 20.1 Å². The van der Waals surface area contributed by atoms with Crippen LogP contribution >= 0.6 is 0 Å². The zero-order valence-electron chi connectivity index (χ0n) is 14.4. The third-order valence-electron chi connectivity index (χ3n) is 3.83. The SMILES string of the molecule is CCCCOC(=O)c1ccc(NC(=O)C(=O)NC[C@@H]2CCCO2)cc1. The standard InChI is InChI=1S/C18H24N2O5/c1-2-3-10-25-18(23)13-6-8-14(9-7-13)20-17(22)16(21)19-12-15-5-4-11-24-15/h6-9,15H,2-5,10-12H2,1H3,(H,19,21)(H,20,22)/t15-/m0/s1. The van der Waals surface area contributed by atoms with E-state index >= 15 is 0 Å². The van der Waals surface area contributed by atoms with Crippen LogP contribution in [-0.2, 0) is 19.1 Å². The predicted octanol–water partition coefficient (Wildman–Crippen LogP) is 1.88. The van der Waals surface area contributed by atoms with Crippen molar-refractivity contribution in [1.29, 1.82) is 0 Å². The van der Waals surface area contributed by atoms with Gasteiger partial charge in [0.15, 0.2) is 0 Å². The Bertz CT molecular complexity index is 594. The van der Waals surface area contributed by atoms with Gasteiger partial charge in [-0.2, -0.15) is 0 Å². The third-order valence-corrected chi connectivity index (χ3v) is 3.83. The molecule has 7 heteroatoms. The normalized spacial score (nSPS) is 16.3. The van der Waals surface area contributed by atoms with Crippen LogP contribution in [0.1, 0.15) is 43.0 Å². The van der Waals surface area contributed by atoms with Crippen LogP contribution in [0.2, 0.25) is 0 Å². The van der Waals surface area contributed by atoms with Gasteiger partial charge in [-0.3, -0.25) is 9.59 Å². The number of ether oxygens (including phenoxy) is 2. The molecular formula is C18H24N2O5. The number of hydrogen-bond donors (Lipinski definition) is 2.